The van der Waals surface area contributed by atoms with E-state index in [2.05, 4.69) is 23.7 Å². The van der Waals surface area contributed by atoms with Gasteiger partial charge in [0.1, 0.15) is 0 Å². The topological polar surface area (TPSA) is 58.4 Å². The smallest absolute Gasteiger partial charge is 0.313 e. The summed E-state index contributed by atoms with van der Waals surface area (Å²) in [5.41, 5.74) is 0. The molecule has 1 N–H and O–H groups in total. The number of hydrogen-bond donors (Lipinski definition) is 1. The first-order chi connectivity index (χ1) is 8.67. The Kier molecular flexibility index (Phi) is 6.82. The largest absolute Gasteiger partial charge is 0.481 e. The molecule has 0 saturated carbocycles. The van der Waals surface area contributed by atoms with E-state index in [0.29, 0.717) is 0 Å². The highest BCUT2D eigenvalue weighted by atomic mass is 32.2. The van der Waals surface area contributed by atoms with Crippen LogP contribution in [0.4, 0.5) is 0 Å². The maximum atomic E-state index is 10.5. The Bertz CT molecular complexity index is 368. The minimum Gasteiger partial charge on any atom is -0.481 e. The summed E-state index contributed by atoms with van der Waals surface area (Å²) in [7, 11) is 0. The Morgan fingerprint density at radius 3 is 2.89 bits per heavy atom. The first kappa shape index (κ1) is 15.0. The van der Waals surface area contributed by atoms with Gasteiger partial charge in [0.05, 0.1) is 5.75 Å². The number of carbonyl (C=O) groups is 1. The summed E-state index contributed by atoms with van der Waals surface area (Å²) in [5, 5.41) is 9.45. The van der Waals surface area contributed by atoms with Crippen LogP contribution in [0, 0.1) is 0 Å². The van der Waals surface area contributed by atoms with Crippen LogP contribution in [0.2, 0.25) is 0 Å². The minimum atomic E-state index is -0.810. The third-order valence-electron chi connectivity index (χ3n) is 2.65. The van der Waals surface area contributed by atoms with Crippen LogP contribution in [-0.4, -0.2) is 50.9 Å². The molecule has 0 aliphatic carbocycles. The number of rotatable bonds is 9. The number of hydrogen-bond acceptors (Lipinski definition) is 4. The van der Waals surface area contributed by atoms with Crippen molar-refractivity contribution in [2.75, 3.05) is 25.4 Å². The lowest BCUT2D eigenvalue weighted by molar-refractivity contribution is -0.133. The van der Waals surface area contributed by atoms with E-state index in [-0.39, 0.29) is 5.75 Å². The van der Waals surface area contributed by atoms with Gasteiger partial charge in [-0.1, -0.05) is 25.6 Å². The van der Waals surface area contributed by atoms with Crippen LogP contribution in [0.25, 0.3) is 0 Å². The minimum absolute atomic E-state index is 0.0590. The van der Waals surface area contributed by atoms with Gasteiger partial charge in [-0.2, -0.15) is 0 Å². The predicted molar refractivity (Wildman–Crippen MR) is 73.0 cm³/mol. The lowest BCUT2D eigenvalue weighted by atomic mass is 10.4. The van der Waals surface area contributed by atoms with Crippen LogP contribution in [0.1, 0.15) is 20.3 Å². The van der Waals surface area contributed by atoms with Gasteiger partial charge in [-0.05, 0) is 19.5 Å². The molecule has 1 rings (SSSR count). The molecule has 0 spiro atoms. The van der Waals surface area contributed by atoms with Crippen molar-refractivity contribution < 1.29 is 9.90 Å². The Morgan fingerprint density at radius 1 is 1.50 bits per heavy atom. The van der Waals surface area contributed by atoms with Crippen molar-refractivity contribution in [1.29, 1.82) is 0 Å². The van der Waals surface area contributed by atoms with Crippen molar-refractivity contribution in [1.82, 2.24) is 14.5 Å². The molecule has 102 valence electrons. The van der Waals surface area contributed by atoms with E-state index < -0.39 is 5.97 Å². The summed E-state index contributed by atoms with van der Waals surface area (Å²) >= 11 is 1.27. The number of carboxylic acid groups (broad SMARTS) is 1. The Labute approximate surface area is 112 Å². The first-order valence-corrected chi connectivity index (χ1v) is 7.24. The molecule has 0 unspecified atom stereocenters. The molecule has 0 saturated heterocycles. The molecule has 18 heavy (non-hydrogen) atoms. The molecule has 0 bridgehead atoms. The van der Waals surface area contributed by atoms with E-state index in [4.69, 9.17) is 5.11 Å². The van der Waals surface area contributed by atoms with Crippen LogP contribution >= 0.6 is 11.8 Å². The molecular formula is C12H21N3O2S. The second-order valence-corrected chi connectivity index (χ2v) is 4.96. The highest BCUT2D eigenvalue weighted by molar-refractivity contribution is 7.99. The van der Waals surface area contributed by atoms with Gasteiger partial charge in [-0.3, -0.25) is 4.79 Å². The molecule has 0 atom stereocenters. The van der Waals surface area contributed by atoms with Crippen molar-refractivity contribution >= 4 is 17.7 Å². The summed E-state index contributed by atoms with van der Waals surface area (Å²) in [6.45, 7) is 8.30. The third-order valence-corrected chi connectivity index (χ3v) is 3.64. The van der Waals surface area contributed by atoms with E-state index in [0.717, 1.165) is 37.8 Å². The number of thioether (sulfide) groups is 1. The monoisotopic (exact) mass is 271 g/mol. The molecule has 6 heteroatoms. The molecular weight excluding hydrogens is 250 g/mol. The highest BCUT2D eigenvalue weighted by Crippen LogP contribution is 2.15. The molecule has 1 aromatic rings. The number of carboxylic acids is 1. The van der Waals surface area contributed by atoms with Crippen LogP contribution in [-0.2, 0) is 11.3 Å². The summed E-state index contributed by atoms with van der Waals surface area (Å²) in [5.74, 6) is -0.751. The molecule has 0 aliphatic heterocycles. The van der Waals surface area contributed by atoms with Crippen LogP contribution in [0.3, 0.4) is 0 Å². The predicted octanol–water partition coefficient (Wildman–Crippen LogP) is 1.79. The number of likely N-dealkylation sites (N-methyl/N-ethyl adjacent to an activating group) is 1. The second-order valence-electron chi connectivity index (χ2n) is 4.02. The average Bonchev–Trinajstić information content (AvgIpc) is 2.79. The van der Waals surface area contributed by atoms with Gasteiger partial charge in [0.25, 0.3) is 0 Å². The molecule has 0 fully saturated rings. The SMILES string of the molecule is CCCN(CC)CCn1ccnc1SCC(=O)O. The normalized spacial score (nSPS) is 11.1. The number of aliphatic carboxylic acids is 1. The summed E-state index contributed by atoms with van der Waals surface area (Å²) < 4.78 is 2.02. The lowest BCUT2D eigenvalue weighted by Crippen LogP contribution is -2.28. The van der Waals surface area contributed by atoms with E-state index in [1.54, 1.807) is 6.20 Å². The Hall–Kier alpha value is -1.01. The van der Waals surface area contributed by atoms with Gasteiger partial charge >= 0.3 is 5.97 Å². The maximum absolute atomic E-state index is 10.5. The molecule has 0 aliphatic rings. The molecule has 0 radical (unpaired) electrons. The zero-order chi connectivity index (χ0) is 13.4. The number of aromatic nitrogens is 2. The number of imidazole rings is 1. The summed E-state index contributed by atoms with van der Waals surface area (Å²) in [6.07, 6.45) is 4.78. The summed E-state index contributed by atoms with van der Waals surface area (Å²) in [6, 6.07) is 0. The van der Waals surface area contributed by atoms with Crippen molar-refractivity contribution in [3.63, 3.8) is 0 Å². The van der Waals surface area contributed by atoms with E-state index in [1.165, 1.54) is 11.8 Å². The van der Waals surface area contributed by atoms with E-state index in [9.17, 15) is 4.79 Å². The van der Waals surface area contributed by atoms with Gasteiger partial charge in [-0.25, -0.2) is 4.98 Å². The Balaban J connectivity index is 2.46. The third kappa shape index (κ3) is 5.10. The van der Waals surface area contributed by atoms with Crippen LogP contribution in [0.5, 0.6) is 0 Å². The maximum Gasteiger partial charge on any atom is 0.313 e. The molecule has 5 nitrogen and oxygen atoms in total. The second kappa shape index (κ2) is 8.16. The Morgan fingerprint density at radius 2 is 2.28 bits per heavy atom. The fourth-order valence-corrected chi connectivity index (χ4v) is 2.43. The van der Waals surface area contributed by atoms with Crippen molar-refractivity contribution in [2.45, 2.75) is 32.0 Å². The first-order valence-electron chi connectivity index (χ1n) is 6.25. The van der Waals surface area contributed by atoms with Crippen molar-refractivity contribution in [3.05, 3.63) is 12.4 Å². The van der Waals surface area contributed by atoms with Crippen LogP contribution in [0.15, 0.2) is 17.6 Å². The summed E-state index contributed by atoms with van der Waals surface area (Å²) in [4.78, 5) is 17.1. The highest BCUT2D eigenvalue weighted by Gasteiger charge is 2.07. The fraction of sp³-hybridized carbons (Fsp3) is 0.667. The quantitative estimate of drug-likeness (QED) is 0.694. The van der Waals surface area contributed by atoms with Gasteiger partial charge in [0, 0.05) is 25.5 Å². The number of nitrogens with zero attached hydrogens (tertiary/aromatic N) is 3. The van der Waals surface area contributed by atoms with Gasteiger partial charge in [0.15, 0.2) is 5.16 Å². The zero-order valence-corrected chi connectivity index (χ0v) is 11.8. The van der Waals surface area contributed by atoms with Gasteiger partial charge < -0.3 is 14.6 Å². The molecule has 0 aromatic carbocycles. The lowest BCUT2D eigenvalue weighted by Gasteiger charge is -2.20. The molecule has 0 amide bonds. The zero-order valence-electron chi connectivity index (χ0n) is 11.0. The van der Waals surface area contributed by atoms with Crippen molar-refractivity contribution in [3.8, 4) is 0 Å². The van der Waals surface area contributed by atoms with Crippen molar-refractivity contribution in [2.24, 2.45) is 0 Å². The average molecular weight is 271 g/mol. The molecule has 1 heterocycles. The van der Waals surface area contributed by atoms with Gasteiger partial charge in [0.2, 0.25) is 0 Å². The molecule has 1 aromatic heterocycles. The van der Waals surface area contributed by atoms with E-state index in [1.807, 2.05) is 10.8 Å². The van der Waals surface area contributed by atoms with Gasteiger partial charge in [-0.15, -0.1) is 0 Å². The van der Waals surface area contributed by atoms with E-state index >= 15 is 0 Å². The fourth-order valence-electron chi connectivity index (χ4n) is 1.73. The van der Waals surface area contributed by atoms with Crippen LogP contribution < -0.4 is 0 Å². The standard InChI is InChI=1S/C12H21N3O2S/c1-3-6-14(4-2)8-9-15-7-5-13-12(15)18-10-11(16)17/h5,7H,3-4,6,8-10H2,1-2H3,(H,16,17).